The summed E-state index contributed by atoms with van der Waals surface area (Å²) >= 11 is 0. The van der Waals surface area contributed by atoms with Crippen LogP contribution in [0.1, 0.15) is 24.2 Å². The van der Waals surface area contributed by atoms with Crippen molar-refractivity contribution in [1.29, 1.82) is 0 Å². The molecule has 0 unspecified atom stereocenters. The Bertz CT molecular complexity index is 659. The molecule has 1 saturated heterocycles. The number of hydrogen-bond acceptors (Lipinski definition) is 5. The summed E-state index contributed by atoms with van der Waals surface area (Å²) in [6.45, 7) is 4.56. The van der Waals surface area contributed by atoms with E-state index in [9.17, 15) is 4.79 Å². The second kappa shape index (κ2) is 8.01. The number of nitrogens with zero attached hydrogens (tertiary/aromatic N) is 5. The number of ether oxygens (including phenoxy) is 1. The molecule has 2 aromatic heterocycles. The minimum Gasteiger partial charge on any atom is -0.375 e. The third kappa shape index (κ3) is 4.61. The standard InChI is InChI=1S/C17H23N5O2/c1-14-10-15(20-12-19-14)2-3-16-11-22(8-9-24-16)17(23)4-6-21-7-5-18-13-21/h5,7,10,12-13,16H,2-4,6,8-9,11H2,1H3/t16-/m1/s1. The van der Waals surface area contributed by atoms with E-state index >= 15 is 0 Å². The molecule has 7 nitrogen and oxygen atoms in total. The van der Waals surface area contributed by atoms with Gasteiger partial charge in [-0.05, 0) is 25.8 Å². The highest BCUT2D eigenvalue weighted by molar-refractivity contribution is 5.76. The Labute approximate surface area is 141 Å². The molecular formula is C17H23N5O2. The molecule has 0 saturated carbocycles. The van der Waals surface area contributed by atoms with E-state index in [2.05, 4.69) is 15.0 Å². The number of carbonyl (C=O) groups excluding carboxylic acids is 1. The number of carbonyl (C=O) groups is 1. The van der Waals surface area contributed by atoms with Gasteiger partial charge in [-0.1, -0.05) is 0 Å². The van der Waals surface area contributed by atoms with Crippen LogP contribution in [0.3, 0.4) is 0 Å². The topological polar surface area (TPSA) is 73.1 Å². The predicted molar refractivity (Wildman–Crippen MR) is 88.3 cm³/mol. The van der Waals surface area contributed by atoms with Crippen molar-refractivity contribution in [2.24, 2.45) is 0 Å². The summed E-state index contributed by atoms with van der Waals surface area (Å²) in [6, 6.07) is 2.00. The zero-order chi connectivity index (χ0) is 16.8. The largest absolute Gasteiger partial charge is 0.375 e. The van der Waals surface area contributed by atoms with Crippen LogP contribution in [0.2, 0.25) is 0 Å². The number of morpholine rings is 1. The van der Waals surface area contributed by atoms with Gasteiger partial charge in [-0.15, -0.1) is 0 Å². The van der Waals surface area contributed by atoms with Crippen LogP contribution >= 0.6 is 0 Å². The molecule has 1 aliphatic heterocycles. The van der Waals surface area contributed by atoms with E-state index in [1.807, 2.05) is 28.7 Å². The highest BCUT2D eigenvalue weighted by Gasteiger charge is 2.23. The first-order valence-corrected chi connectivity index (χ1v) is 8.33. The highest BCUT2D eigenvalue weighted by Crippen LogP contribution is 2.13. The minimum absolute atomic E-state index is 0.0752. The Hall–Kier alpha value is -2.28. The first-order chi connectivity index (χ1) is 11.7. The fraction of sp³-hybridized carbons (Fsp3) is 0.529. The number of amides is 1. The number of aryl methyl sites for hydroxylation is 3. The molecule has 1 atom stereocenters. The van der Waals surface area contributed by atoms with Gasteiger partial charge in [0, 0.05) is 49.8 Å². The smallest absolute Gasteiger partial charge is 0.224 e. The fourth-order valence-corrected chi connectivity index (χ4v) is 2.88. The lowest BCUT2D eigenvalue weighted by molar-refractivity contribution is -0.139. The molecule has 0 aromatic carbocycles. The summed E-state index contributed by atoms with van der Waals surface area (Å²) in [7, 11) is 0. The molecule has 3 rings (SSSR count). The summed E-state index contributed by atoms with van der Waals surface area (Å²) in [4.78, 5) is 26.7. The Morgan fingerprint density at radius 1 is 1.42 bits per heavy atom. The summed E-state index contributed by atoms with van der Waals surface area (Å²) < 4.78 is 7.73. The Morgan fingerprint density at radius 3 is 3.12 bits per heavy atom. The van der Waals surface area contributed by atoms with Crippen LogP contribution in [0.15, 0.2) is 31.1 Å². The molecule has 0 N–H and O–H groups in total. The van der Waals surface area contributed by atoms with Crippen molar-refractivity contribution in [3.63, 3.8) is 0 Å². The summed E-state index contributed by atoms with van der Waals surface area (Å²) in [5.74, 6) is 0.176. The third-order valence-electron chi connectivity index (χ3n) is 4.22. The highest BCUT2D eigenvalue weighted by atomic mass is 16.5. The van der Waals surface area contributed by atoms with Gasteiger partial charge in [-0.3, -0.25) is 4.79 Å². The Balaban J connectivity index is 1.46. The molecule has 128 valence electrons. The average molecular weight is 329 g/mol. The van der Waals surface area contributed by atoms with Crippen molar-refractivity contribution in [3.05, 3.63) is 42.5 Å². The van der Waals surface area contributed by atoms with Crippen molar-refractivity contribution >= 4 is 5.91 Å². The van der Waals surface area contributed by atoms with E-state index in [4.69, 9.17) is 4.74 Å². The molecule has 0 bridgehead atoms. The molecule has 1 fully saturated rings. The minimum atomic E-state index is 0.0752. The van der Waals surface area contributed by atoms with Gasteiger partial charge in [0.2, 0.25) is 5.91 Å². The zero-order valence-electron chi connectivity index (χ0n) is 14.0. The number of rotatable bonds is 6. The fourth-order valence-electron chi connectivity index (χ4n) is 2.88. The van der Waals surface area contributed by atoms with Crippen molar-refractivity contribution in [2.75, 3.05) is 19.7 Å². The normalized spacial score (nSPS) is 17.9. The van der Waals surface area contributed by atoms with Gasteiger partial charge in [-0.25, -0.2) is 15.0 Å². The van der Waals surface area contributed by atoms with Crippen molar-refractivity contribution in [3.8, 4) is 0 Å². The van der Waals surface area contributed by atoms with Crippen LogP contribution in [0.4, 0.5) is 0 Å². The maximum atomic E-state index is 12.4. The van der Waals surface area contributed by atoms with Gasteiger partial charge < -0.3 is 14.2 Å². The van der Waals surface area contributed by atoms with Crippen LogP contribution in [0.5, 0.6) is 0 Å². The molecule has 1 aliphatic rings. The van der Waals surface area contributed by atoms with Gasteiger partial charge >= 0.3 is 0 Å². The lowest BCUT2D eigenvalue weighted by Gasteiger charge is -2.33. The first kappa shape index (κ1) is 16.6. The van der Waals surface area contributed by atoms with E-state index in [1.54, 1.807) is 18.9 Å². The zero-order valence-corrected chi connectivity index (χ0v) is 14.0. The summed E-state index contributed by atoms with van der Waals surface area (Å²) in [6.07, 6.45) is 9.20. The van der Waals surface area contributed by atoms with Gasteiger partial charge in [0.25, 0.3) is 0 Å². The van der Waals surface area contributed by atoms with Crippen molar-refractivity contribution in [1.82, 2.24) is 24.4 Å². The number of aromatic nitrogens is 4. The maximum absolute atomic E-state index is 12.4. The molecule has 1 amide bonds. The van der Waals surface area contributed by atoms with Gasteiger partial charge in [0.1, 0.15) is 6.33 Å². The summed E-state index contributed by atoms with van der Waals surface area (Å²) in [5, 5.41) is 0. The van der Waals surface area contributed by atoms with E-state index < -0.39 is 0 Å². The van der Waals surface area contributed by atoms with Crippen LogP contribution in [0.25, 0.3) is 0 Å². The Kier molecular flexibility index (Phi) is 5.53. The Morgan fingerprint density at radius 2 is 2.33 bits per heavy atom. The van der Waals surface area contributed by atoms with Crippen molar-refractivity contribution in [2.45, 2.75) is 38.8 Å². The van der Waals surface area contributed by atoms with Gasteiger partial charge in [0.15, 0.2) is 0 Å². The third-order valence-corrected chi connectivity index (χ3v) is 4.22. The number of imidazole rings is 1. The molecule has 2 aromatic rings. The molecular weight excluding hydrogens is 306 g/mol. The lowest BCUT2D eigenvalue weighted by atomic mass is 10.1. The average Bonchev–Trinajstić information content (AvgIpc) is 3.12. The van der Waals surface area contributed by atoms with Gasteiger partial charge in [0.05, 0.1) is 19.0 Å². The van der Waals surface area contributed by atoms with Crippen LogP contribution in [-0.2, 0) is 22.5 Å². The second-order valence-corrected chi connectivity index (χ2v) is 6.07. The molecule has 3 heterocycles. The molecule has 24 heavy (non-hydrogen) atoms. The van der Waals surface area contributed by atoms with Crippen LogP contribution in [0, 0.1) is 6.92 Å². The summed E-state index contributed by atoms with van der Waals surface area (Å²) in [5.41, 5.74) is 2.00. The monoisotopic (exact) mass is 329 g/mol. The SMILES string of the molecule is Cc1cc(CC[C@@H]2CN(C(=O)CCn3ccnc3)CCO2)ncn1. The van der Waals surface area contributed by atoms with Gasteiger partial charge in [-0.2, -0.15) is 0 Å². The van der Waals surface area contributed by atoms with E-state index in [-0.39, 0.29) is 12.0 Å². The van der Waals surface area contributed by atoms with Crippen LogP contribution < -0.4 is 0 Å². The van der Waals surface area contributed by atoms with E-state index in [1.165, 1.54) is 0 Å². The van der Waals surface area contributed by atoms with E-state index in [0.717, 1.165) is 24.2 Å². The molecule has 7 heteroatoms. The number of hydrogen-bond donors (Lipinski definition) is 0. The quantitative estimate of drug-likeness (QED) is 0.797. The van der Waals surface area contributed by atoms with Crippen LogP contribution in [-0.4, -0.2) is 56.1 Å². The molecule has 0 aliphatic carbocycles. The molecule has 0 spiro atoms. The van der Waals surface area contributed by atoms with Crippen molar-refractivity contribution < 1.29 is 9.53 Å². The van der Waals surface area contributed by atoms with E-state index in [0.29, 0.717) is 32.7 Å². The second-order valence-electron chi connectivity index (χ2n) is 6.07. The molecule has 0 radical (unpaired) electrons. The lowest BCUT2D eigenvalue weighted by Crippen LogP contribution is -2.46. The first-order valence-electron chi connectivity index (χ1n) is 8.33. The maximum Gasteiger partial charge on any atom is 0.224 e. The predicted octanol–water partition coefficient (Wildman–Crippen LogP) is 1.23.